The maximum atomic E-state index is 13.1. The molecular weight excluding hydrogens is 341 g/mol. The summed E-state index contributed by atoms with van der Waals surface area (Å²) in [5.74, 6) is -1.54. The highest BCUT2D eigenvalue weighted by Gasteiger charge is 2.39. The Kier molecular flexibility index (Phi) is 4.23. The molecule has 0 bridgehead atoms. The number of nitrogens with two attached hydrogens (primary N) is 1. The molecule has 0 fully saturated rings. The lowest BCUT2D eigenvalue weighted by molar-refractivity contribution is -0.142. The number of H-pyrrole nitrogens is 1. The van der Waals surface area contributed by atoms with Gasteiger partial charge in [0.1, 0.15) is 12.2 Å². The number of nitrogens with one attached hydrogen (secondary N) is 2. The number of halogens is 3. The lowest BCUT2D eigenvalue weighted by Crippen LogP contribution is -2.24. The largest absolute Gasteiger partial charge is 0.435 e. The zero-order valence-electron chi connectivity index (χ0n) is 13.0. The van der Waals surface area contributed by atoms with E-state index in [1.54, 1.807) is 0 Å². The van der Waals surface area contributed by atoms with Crippen LogP contribution in [0.4, 0.5) is 19.0 Å². The normalized spacial score (nSPS) is 14.2. The van der Waals surface area contributed by atoms with E-state index in [9.17, 15) is 22.8 Å². The monoisotopic (exact) mass is 356 g/mol. The molecule has 11 heteroatoms. The van der Waals surface area contributed by atoms with E-state index in [2.05, 4.69) is 20.4 Å². The Labute approximate surface area is 139 Å². The number of carbonyl (C=O) groups excluding carboxylic acids is 2. The van der Waals surface area contributed by atoms with Crippen molar-refractivity contribution in [2.45, 2.75) is 38.4 Å². The van der Waals surface area contributed by atoms with E-state index in [1.807, 2.05) is 0 Å². The van der Waals surface area contributed by atoms with E-state index in [0.29, 0.717) is 18.5 Å². The summed E-state index contributed by atoms with van der Waals surface area (Å²) >= 11 is 0. The molecule has 8 nitrogen and oxygen atoms in total. The van der Waals surface area contributed by atoms with Crippen molar-refractivity contribution in [1.29, 1.82) is 0 Å². The quantitative estimate of drug-likeness (QED) is 0.764. The van der Waals surface area contributed by atoms with Crippen molar-refractivity contribution in [2.24, 2.45) is 5.73 Å². The number of aromatic nitrogens is 4. The molecule has 0 saturated carbocycles. The third-order valence-electron chi connectivity index (χ3n) is 3.96. The van der Waals surface area contributed by atoms with Crippen LogP contribution in [-0.2, 0) is 30.4 Å². The SMILES string of the molecule is NC(=O)c1[nH]cnc1NC(=O)Cn1nc(C(F)(F)F)c2c1CCCC2. The molecule has 0 spiro atoms. The van der Waals surface area contributed by atoms with Crippen molar-refractivity contribution in [3.05, 3.63) is 29.0 Å². The fourth-order valence-electron chi connectivity index (χ4n) is 2.91. The molecule has 1 aliphatic carbocycles. The number of fused-ring (bicyclic) bond motifs is 1. The van der Waals surface area contributed by atoms with Crippen LogP contribution in [0.2, 0.25) is 0 Å². The van der Waals surface area contributed by atoms with Crippen molar-refractivity contribution in [3.63, 3.8) is 0 Å². The number of nitrogens with zero attached hydrogens (tertiary/aromatic N) is 3. The van der Waals surface area contributed by atoms with E-state index < -0.39 is 30.2 Å². The lowest BCUT2D eigenvalue weighted by atomic mass is 9.95. The molecule has 1 aliphatic rings. The minimum Gasteiger partial charge on any atom is -0.364 e. The van der Waals surface area contributed by atoms with Crippen LogP contribution in [-0.4, -0.2) is 31.6 Å². The Balaban J connectivity index is 1.83. The minimum atomic E-state index is -4.56. The van der Waals surface area contributed by atoms with E-state index in [1.165, 1.54) is 6.33 Å². The molecule has 2 amide bonds. The van der Waals surface area contributed by atoms with Gasteiger partial charge in [-0.05, 0) is 25.7 Å². The van der Waals surface area contributed by atoms with Crippen molar-refractivity contribution in [3.8, 4) is 0 Å². The minimum absolute atomic E-state index is 0.0745. The van der Waals surface area contributed by atoms with E-state index in [0.717, 1.165) is 11.1 Å². The van der Waals surface area contributed by atoms with Crippen molar-refractivity contribution < 1.29 is 22.8 Å². The molecule has 0 radical (unpaired) electrons. The highest BCUT2D eigenvalue weighted by molar-refractivity contribution is 6.00. The van der Waals surface area contributed by atoms with Gasteiger partial charge in [0.25, 0.3) is 5.91 Å². The lowest BCUT2D eigenvalue weighted by Gasteiger charge is -2.14. The molecule has 3 rings (SSSR count). The van der Waals surface area contributed by atoms with Crippen LogP contribution >= 0.6 is 0 Å². The third kappa shape index (κ3) is 3.35. The Morgan fingerprint density at radius 3 is 2.72 bits per heavy atom. The predicted molar refractivity (Wildman–Crippen MR) is 79.6 cm³/mol. The van der Waals surface area contributed by atoms with Gasteiger partial charge in [0.05, 0.1) is 6.33 Å². The predicted octanol–water partition coefficient (Wildman–Crippen LogP) is 1.24. The molecular formula is C14H15F3N6O2. The number of primary amides is 1. The maximum absolute atomic E-state index is 13.1. The summed E-state index contributed by atoms with van der Waals surface area (Å²) in [5.41, 5.74) is 4.68. The number of aromatic amines is 1. The third-order valence-corrected chi connectivity index (χ3v) is 3.96. The van der Waals surface area contributed by atoms with Gasteiger partial charge in [0, 0.05) is 11.3 Å². The standard InChI is InChI=1S/C14H15F3N6O2/c15-14(16,17)11-7-3-1-2-4-8(7)23(22-11)5-9(24)21-13-10(12(18)25)19-6-20-13/h6H,1-5H2,(H2,18,25)(H,19,20)(H,21,24). The van der Waals surface area contributed by atoms with E-state index in [-0.39, 0.29) is 23.5 Å². The smallest absolute Gasteiger partial charge is 0.364 e. The van der Waals surface area contributed by atoms with Crippen molar-refractivity contribution >= 4 is 17.6 Å². The molecule has 2 heterocycles. The van der Waals surface area contributed by atoms with Crippen molar-refractivity contribution in [2.75, 3.05) is 5.32 Å². The van der Waals surface area contributed by atoms with Crippen LogP contribution in [0.1, 0.15) is 40.3 Å². The molecule has 0 unspecified atom stereocenters. The molecule has 4 N–H and O–H groups in total. The van der Waals surface area contributed by atoms with Crippen molar-refractivity contribution in [1.82, 2.24) is 19.7 Å². The van der Waals surface area contributed by atoms with Crippen LogP contribution in [0.3, 0.4) is 0 Å². The molecule has 2 aromatic rings. The molecule has 0 saturated heterocycles. The average Bonchev–Trinajstić information content (AvgIpc) is 3.12. The number of amides is 2. The van der Waals surface area contributed by atoms with Crippen LogP contribution < -0.4 is 11.1 Å². The van der Waals surface area contributed by atoms with Gasteiger partial charge in [0.2, 0.25) is 5.91 Å². The molecule has 25 heavy (non-hydrogen) atoms. The first-order chi connectivity index (χ1) is 11.8. The summed E-state index contributed by atoms with van der Waals surface area (Å²) in [7, 11) is 0. The fourth-order valence-corrected chi connectivity index (χ4v) is 2.91. The highest BCUT2D eigenvalue weighted by Crippen LogP contribution is 2.35. The number of hydrogen-bond donors (Lipinski definition) is 3. The first-order valence-electron chi connectivity index (χ1n) is 7.56. The van der Waals surface area contributed by atoms with Gasteiger partial charge < -0.3 is 16.0 Å². The number of alkyl halides is 3. The van der Waals surface area contributed by atoms with Crippen LogP contribution in [0.15, 0.2) is 6.33 Å². The molecule has 0 aromatic carbocycles. The Hall–Kier alpha value is -2.85. The number of hydrogen-bond acceptors (Lipinski definition) is 4. The van der Waals surface area contributed by atoms with Crippen LogP contribution in [0.25, 0.3) is 0 Å². The zero-order chi connectivity index (χ0) is 18.2. The fraction of sp³-hybridized carbons (Fsp3) is 0.429. The summed E-state index contributed by atoms with van der Waals surface area (Å²) < 4.78 is 40.5. The highest BCUT2D eigenvalue weighted by atomic mass is 19.4. The Bertz CT molecular complexity index is 823. The number of imidazole rings is 1. The second-order valence-electron chi connectivity index (χ2n) is 5.67. The summed E-state index contributed by atoms with van der Waals surface area (Å²) in [6.07, 6.45) is -1.28. The molecule has 2 aromatic heterocycles. The number of anilines is 1. The van der Waals surface area contributed by atoms with Gasteiger partial charge >= 0.3 is 6.18 Å². The summed E-state index contributed by atoms with van der Waals surface area (Å²) in [5, 5.41) is 5.95. The number of carbonyl (C=O) groups is 2. The second-order valence-corrected chi connectivity index (χ2v) is 5.67. The first-order valence-corrected chi connectivity index (χ1v) is 7.56. The molecule has 0 atom stereocenters. The van der Waals surface area contributed by atoms with Gasteiger partial charge in [-0.15, -0.1) is 0 Å². The van der Waals surface area contributed by atoms with Gasteiger partial charge in [-0.1, -0.05) is 0 Å². The van der Waals surface area contributed by atoms with Crippen LogP contribution in [0.5, 0.6) is 0 Å². The Morgan fingerprint density at radius 1 is 1.32 bits per heavy atom. The topological polar surface area (TPSA) is 119 Å². The Morgan fingerprint density at radius 2 is 2.04 bits per heavy atom. The maximum Gasteiger partial charge on any atom is 0.435 e. The summed E-state index contributed by atoms with van der Waals surface area (Å²) in [4.78, 5) is 29.6. The molecule has 0 aliphatic heterocycles. The van der Waals surface area contributed by atoms with E-state index in [4.69, 9.17) is 5.73 Å². The van der Waals surface area contributed by atoms with E-state index >= 15 is 0 Å². The van der Waals surface area contributed by atoms with Gasteiger partial charge in [-0.2, -0.15) is 18.3 Å². The first kappa shape index (κ1) is 17.0. The van der Waals surface area contributed by atoms with Gasteiger partial charge in [0.15, 0.2) is 11.5 Å². The van der Waals surface area contributed by atoms with Crippen LogP contribution in [0, 0.1) is 0 Å². The van der Waals surface area contributed by atoms with Gasteiger partial charge in [-0.3, -0.25) is 14.3 Å². The average molecular weight is 356 g/mol. The number of rotatable bonds is 4. The zero-order valence-corrected chi connectivity index (χ0v) is 13.0. The van der Waals surface area contributed by atoms with Gasteiger partial charge in [-0.25, -0.2) is 4.98 Å². The summed E-state index contributed by atoms with van der Waals surface area (Å²) in [6, 6.07) is 0. The molecule has 134 valence electrons. The summed E-state index contributed by atoms with van der Waals surface area (Å²) in [6.45, 7) is -0.413. The second kappa shape index (κ2) is 6.22.